The molecule has 0 saturated carbocycles. The topological polar surface area (TPSA) is 71.2 Å². The molecule has 6 heteroatoms. The molecule has 0 spiro atoms. The fourth-order valence-electron chi connectivity index (χ4n) is 2.69. The highest BCUT2D eigenvalue weighted by Gasteiger charge is 2.24. The van der Waals surface area contributed by atoms with Gasteiger partial charge in [0.2, 0.25) is 0 Å². The quantitative estimate of drug-likeness (QED) is 0.474. The molecule has 3 rings (SSSR count). The number of rotatable bonds is 1. The number of carbonyl (C=O) groups excluding carboxylic acids is 1. The van der Waals surface area contributed by atoms with Crippen LogP contribution in [0.3, 0.4) is 0 Å². The van der Waals surface area contributed by atoms with E-state index in [1.807, 2.05) is 19.2 Å². The maximum atomic E-state index is 12.2. The molecular weight excluding hydrogens is 276 g/mol. The number of fused-ring (bicyclic) bond motifs is 2. The van der Waals surface area contributed by atoms with E-state index in [2.05, 4.69) is 15.3 Å². The van der Waals surface area contributed by atoms with E-state index in [0.717, 1.165) is 29.6 Å². The molecule has 1 aliphatic heterocycles. The predicted molar refractivity (Wildman–Crippen MR) is 78.4 cm³/mol. The molecule has 0 bridgehead atoms. The summed E-state index contributed by atoms with van der Waals surface area (Å²) < 4.78 is 0. The van der Waals surface area contributed by atoms with Crippen molar-refractivity contribution in [1.29, 1.82) is 0 Å². The van der Waals surface area contributed by atoms with E-state index in [0.29, 0.717) is 22.6 Å². The number of carbonyl (C=O) groups is 1. The Morgan fingerprint density at radius 2 is 2.30 bits per heavy atom. The monoisotopic (exact) mass is 290 g/mol. The number of hydrogen-bond acceptors (Lipinski definition) is 4. The molecule has 0 atom stereocenters. The van der Waals surface area contributed by atoms with E-state index in [-0.39, 0.29) is 5.91 Å². The Morgan fingerprint density at radius 3 is 3.05 bits per heavy atom. The van der Waals surface area contributed by atoms with Crippen LogP contribution in [0, 0.1) is 0 Å². The third-order valence-corrected chi connectivity index (χ3v) is 3.97. The lowest BCUT2D eigenvalue weighted by molar-refractivity contribution is 0.0953. The van der Waals surface area contributed by atoms with Crippen LogP contribution in [0.4, 0.5) is 0 Å². The molecule has 1 aromatic heterocycles. The summed E-state index contributed by atoms with van der Waals surface area (Å²) in [7, 11) is 2.02. The van der Waals surface area contributed by atoms with E-state index in [4.69, 9.17) is 17.4 Å². The second-order valence-corrected chi connectivity index (χ2v) is 5.42. The number of para-hydroxylation sites is 1. The third kappa shape index (κ3) is 2.04. The second kappa shape index (κ2) is 5.01. The van der Waals surface area contributed by atoms with Gasteiger partial charge in [-0.15, -0.1) is 0 Å². The minimum atomic E-state index is -0.300. The standard InChI is InChI=1S/C14H15ClN4O/c1-19-6-5-11-9(7-19)12(14(20)18-16)8-3-2-4-10(15)13(8)17-11/h2-4H,5-7,16H2,1H3,(H,18,20). The molecule has 1 aromatic carbocycles. The fraction of sp³-hybridized carbons (Fsp3) is 0.286. The first-order valence-electron chi connectivity index (χ1n) is 6.41. The molecule has 104 valence electrons. The van der Waals surface area contributed by atoms with Gasteiger partial charge in [0, 0.05) is 36.2 Å². The summed E-state index contributed by atoms with van der Waals surface area (Å²) in [5.41, 5.74) is 5.35. The number of halogens is 1. The van der Waals surface area contributed by atoms with E-state index < -0.39 is 0 Å². The molecule has 1 aliphatic rings. The van der Waals surface area contributed by atoms with Crippen molar-refractivity contribution < 1.29 is 4.79 Å². The number of hydrogen-bond donors (Lipinski definition) is 2. The van der Waals surface area contributed by atoms with E-state index in [9.17, 15) is 4.79 Å². The van der Waals surface area contributed by atoms with Gasteiger partial charge in [0.25, 0.3) is 5.91 Å². The number of nitrogens with two attached hydrogens (primary N) is 1. The van der Waals surface area contributed by atoms with Crippen LogP contribution in [0.15, 0.2) is 18.2 Å². The molecule has 5 nitrogen and oxygen atoms in total. The van der Waals surface area contributed by atoms with Crippen molar-refractivity contribution >= 4 is 28.4 Å². The number of nitrogen functional groups attached to an aromatic ring is 1. The van der Waals surface area contributed by atoms with Crippen molar-refractivity contribution in [3.63, 3.8) is 0 Å². The number of benzene rings is 1. The highest BCUT2D eigenvalue weighted by molar-refractivity contribution is 6.35. The maximum absolute atomic E-state index is 12.2. The Balaban J connectivity index is 2.37. The smallest absolute Gasteiger partial charge is 0.266 e. The molecule has 1 amide bonds. The number of nitrogens with zero attached hydrogens (tertiary/aromatic N) is 2. The van der Waals surface area contributed by atoms with Crippen molar-refractivity contribution in [1.82, 2.24) is 15.3 Å². The molecule has 0 aliphatic carbocycles. The molecule has 2 heterocycles. The minimum Gasteiger partial charge on any atom is -0.302 e. The summed E-state index contributed by atoms with van der Waals surface area (Å²) >= 11 is 6.21. The fourth-order valence-corrected chi connectivity index (χ4v) is 2.91. The summed E-state index contributed by atoms with van der Waals surface area (Å²) in [6.45, 7) is 1.60. The summed E-state index contributed by atoms with van der Waals surface area (Å²) in [5, 5.41) is 1.30. The molecule has 3 N–H and O–H groups in total. The Bertz CT molecular complexity index is 701. The number of nitrogens with one attached hydrogen (secondary N) is 1. The van der Waals surface area contributed by atoms with E-state index in [1.54, 1.807) is 6.07 Å². The van der Waals surface area contributed by atoms with Gasteiger partial charge < -0.3 is 4.90 Å². The van der Waals surface area contributed by atoms with Crippen molar-refractivity contribution in [3.05, 3.63) is 40.0 Å². The highest BCUT2D eigenvalue weighted by atomic mass is 35.5. The number of likely N-dealkylation sites (N-methyl/N-ethyl adjacent to an activating group) is 1. The van der Waals surface area contributed by atoms with E-state index >= 15 is 0 Å². The van der Waals surface area contributed by atoms with E-state index in [1.165, 1.54) is 0 Å². The van der Waals surface area contributed by atoms with Gasteiger partial charge in [-0.05, 0) is 13.1 Å². The van der Waals surface area contributed by atoms with Gasteiger partial charge in [-0.1, -0.05) is 23.7 Å². The Kier molecular flexibility index (Phi) is 3.33. The predicted octanol–water partition coefficient (Wildman–Crippen LogP) is 1.48. The minimum absolute atomic E-state index is 0.300. The summed E-state index contributed by atoms with van der Waals surface area (Å²) in [6.07, 6.45) is 0.803. The van der Waals surface area contributed by atoms with Crippen molar-refractivity contribution in [2.45, 2.75) is 13.0 Å². The lowest BCUT2D eigenvalue weighted by Gasteiger charge is -2.26. The van der Waals surface area contributed by atoms with Gasteiger partial charge in [-0.2, -0.15) is 0 Å². The van der Waals surface area contributed by atoms with Crippen LogP contribution in [-0.4, -0.2) is 29.4 Å². The molecule has 0 unspecified atom stereocenters. The van der Waals surface area contributed by atoms with Crippen molar-refractivity contribution in [2.75, 3.05) is 13.6 Å². The zero-order chi connectivity index (χ0) is 14.3. The second-order valence-electron chi connectivity index (χ2n) is 5.01. The molecule has 2 aromatic rings. The zero-order valence-electron chi connectivity index (χ0n) is 11.1. The van der Waals surface area contributed by atoms with Gasteiger partial charge in [0.15, 0.2) is 0 Å². The number of aromatic nitrogens is 1. The SMILES string of the molecule is CN1CCc2nc3c(Cl)cccc3c(C(=O)NN)c2C1. The largest absolute Gasteiger partial charge is 0.302 e. The van der Waals surface area contributed by atoms with Crippen LogP contribution in [0.5, 0.6) is 0 Å². The van der Waals surface area contributed by atoms with Gasteiger partial charge in [-0.3, -0.25) is 15.2 Å². The lowest BCUT2D eigenvalue weighted by atomic mass is 9.95. The molecular formula is C14H15ClN4O. The number of hydrazine groups is 1. The zero-order valence-corrected chi connectivity index (χ0v) is 11.9. The first kappa shape index (κ1) is 13.3. The molecule has 0 saturated heterocycles. The van der Waals surface area contributed by atoms with Crippen LogP contribution in [0.2, 0.25) is 5.02 Å². The first-order valence-corrected chi connectivity index (χ1v) is 6.79. The average Bonchev–Trinajstić information content (AvgIpc) is 2.45. The van der Waals surface area contributed by atoms with Crippen LogP contribution in [0.1, 0.15) is 21.6 Å². The van der Waals surface area contributed by atoms with Gasteiger partial charge >= 0.3 is 0 Å². The molecule has 20 heavy (non-hydrogen) atoms. The number of pyridine rings is 1. The van der Waals surface area contributed by atoms with Gasteiger partial charge in [0.1, 0.15) is 0 Å². The third-order valence-electron chi connectivity index (χ3n) is 3.67. The van der Waals surface area contributed by atoms with Crippen LogP contribution >= 0.6 is 11.6 Å². The van der Waals surface area contributed by atoms with Crippen LogP contribution in [0.25, 0.3) is 10.9 Å². The molecule has 0 radical (unpaired) electrons. The first-order chi connectivity index (χ1) is 9.61. The van der Waals surface area contributed by atoms with Crippen molar-refractivity contribution in [3.8, 4) is 0 Å². The Hall–Kier alpha value is -1.69. The van der Waals surface area contributed by atoms with Crippen molar-refractivity contribution in [2.24, 2.45) is 5.84 Å². The summed E-state index contributed by atoms with van der Waals surface area (Å²) in [6, 6.07) is 5.45. The van der Waals surface area contributed by atoms with Gasteiger partial charge in [-0.25, -0.2) is 5.84 Å². The Morgan fingerprint density at radius 1 is 1.50 bits per heavy atom. The van der Waals surface area contributed by atoms with Crippen LogP contribution in [-0.2, 0) is 13.0 Å². The average molecular weight is 291 g/mol. The van der Waals surface area contributed by atoms with Crippen LogP contribution < -0.4 is 11.3 Å². The van der Waals surface area contributed by atoms with Gasteiger partial charge in [0.05, 0.1) is 16.1 Å². The maximum Gasteiger partial charge on any atom is 0.266 e. The number of amides is 1. The summed E-state index contributed by atoms with van der Waals surface area (Å²) in [5.74, 6) is 5.03. The lowest BCUT2D eigenvalue weighted by Crippen LogP contribution is -2.34. The molecule has 0 fully saturated rings. The normalized spacial score (nSPS) is 15.2. The summed E-state index contributed by atoms with van der Waals surface area (Å²) in [4.78, 5) is 19.0. The Labute approximate surface area is 121 Å². The highest BCUT2D eigenvalue weighted by Crippen LogP contribution is 2.30.